The highest BCUT2D eigenvalue weighted by atomic mass is 32.1. The lowest BCUT2D eigenvalue weighted by Crippen LogP contribution is -2.48. The van der Waals surface area contributed by atoms with E-state index in [0.717, 1.165) is 40.7 Å². The summed E-state index contributed by atoms with van der Waals surface area (Å²) in [4.78, 5) is 39.2. The Balaban J connectivity index is 1.02. The van der Waals surface area contributed by atoms with Gasteiger partial charge >= 0.3 is 0 Å². The van der Waals surface area contributed by atoms with Crippen molar-refractivity contribution in [3.05, 3.63) is 58.8 Å². The van der Waals surface area contributed by atoms with Crippen LogP contribution in [0.3, 0.4) is 0 Å². The first-order chi connectivity index (χ1) is 21.9. The molecule has 1 unspecified atom stereocenters. The molecule has 7 rings (SSSR count). The van der Waals surface area contributed by atoms with Crippen molar-refractivity contribution in [2.75, 3.05) is 51.5 Å². The van der Waals surface area contributed by atoms with Gasteiger partial charge in [-0.05, 0) is 56.1 Å². The van der Waals surface area contributed by atoms with Crippen LogP contribution in [-0.2, 0) is 20.0 Å². The van der Waals surface area contributed by atoms with Crippen LogP contribution in [0.4, 0.5) is 14.5 Å². The zero-order valence-electron chi connectivity index (χ0n) is 24.8. The summed E-state index contributed by atoms with van der Waals surface area (Å²) in [6.45, 7) is 0.307. The summed E-state index contributed by atoms with van der Waals surface area (Å²) in [5.74, 6) is 0.106. The molecule has 1 atom stereocenters. The number of alkyl halides is 2. The Morgan fingerprint density at radius 3 is 2.69 bits per heavy atom. The van der Waals surface area contributed by atoms with E-state index in [1.165, 1.54) is 11.3 Å². The molecule has 13 heteroatoms. The van der Waals surface area contributed by atoms with Crippen LogP contribution in [0, 0.1) is 5.41 Å². The van der Waals surface area contributed by atoms with Gasteiger partial charge in [0.15, 0.2) is 12.5 Å². The number of amides is 2. The molecule has 0 bridgehead atoms. The Bertz CT molecular complexity index is 1690. The van der Waals surface area contributed by atoms with Gasteiger partial charge < -0.3 is 15.0 Å². The molecule has 3 fully saturated rings. The number of hydrogen-bond donors (Lipinski definition) is 2. The number of hydrogen-bond acceptors (Lipinski definition) is 8. The maximum atomic E-state index is 15.4. The number of pyridine rings is 1. The largest absolute Gasteiger partial charge is 0.349 e. The molecule has 2 amide bonds. The first-order valence-electron chi connectivity index (χ1n) is 15.3. The number of benzene rings is 1. The number of likely N-dealkylation sites (tertiary alicyclic amines) is 2. The molecule has 2 N–H and O–H groups in total. The number of nitrogens with zero attached hydrogens (tertiary/aromatic N) is 5. The molecule has 3 aromatic heterocycles. The number of aromatic amines is 1. The van der Waals surface area contributed by atoms with Gasteiger partial charge in [0.25, 0.3) is 0 Å². The van der Waals surface area contributed by atoms with Crippen LogP contribution >= 0.6 is 11.3 Å². The zero-order valence-corrected chi connectivity index (χ0v) is 25.6. The second-order valence-corrected chi connectivity index (χ2v) is 13.3. The SMILES string of the molecule is O=C(CN1CCC(COCF)(C(=O)Nc2ccc3[nH]nc(-c4ccnc(C5CC5)c4)c3c2)C1)N1CCC(F)(c2nccs2)CC1. The molecule has 4 aromatic rings. The van der Waals surface area contributed by atoms with Gasteiger partial charge in [-0.25, -0.2) is 13.8 Å². The summed E-state index contributed by atoms with van der Waals surface area (Å²) < 4.78 is 33.7. The van der Waals surface area contributed by atoms with Crippen molar-refractivity contribution < 1.29 is 23.1 Å². The Labute approximate surface area is 263 Å². The topological polar surface area (TPSA) is 116 Å². The van der Waals surface area contributed by atoms with Gasteiger partial charge in [0.05, 0.1) is 24.1 Å². The van der Waals surface area contributed by atoms with E-state index in [0.29, 0.717) is 42.7 Å². The van der Waals surface area contributed by atoms with Gasteiger partial charge in [0.1, 0.15) is 10.7 Å². The fourth-order valence-corrected chi connectivity index (χ4v) is 7.32. The normalized spacial score (nSPS) is 21.8. The lowest BCUT2D eigenvalue weighted by Gasteiger charge is -2.36. The highest BCUT2D eigenvalue weighted by Crippen LogP contribution is 2.41. The lowest BCUT2D eigenvalue weighted by molar-refractivity contribution is -0.136. The summed E-state index contributed by atoms with van der Waals surface area (Å²) in [7, 11) is 0. The number of anilines is 1. The molecule has 5 heterocycles. The third-order valence-corrected chi connectivity index (χ3v) is 10.3. The second kappa shape index (κ2) is 12.2. The summed E-state index contributed by atoms with van der Waals surface area (Å²) in [5, 5.41) is 13.7. The fourth-order valence-electron chi connectivity index (χ4n) is 6.53. The number of halogens is 2. The van der Waals surface area contributed by atoms with Gasteiger partial charge in [0.2, 0.25) is 11.8 Å². The molecular weight excluding hydrogens is 600 g/mol. The quantitative estimate of drug-likeness (QED) is 0.251. The van der Waals surface area contributed by atoms with Gasteiger partial charge in [-0.15, -0.1) is 11.3 Å². The third kappa shape index (κ3) is 6.08. The monoisotopic (exact) mass is 635 g/mol. The maximum Gasteiger partial charge on any atom is 0.236 e. The van der Waals surface area contributed by atoms with Crippen molar-refractivity contribution in [3.63, 3.8) is 0 Å². The molecular formula is C32H35F2N7O3S. The first-order valence-corrected chi connectivity index (χ1v) is 16.2. The minimum atomic E-state index is -1.51. The van der Waals surface area contributed by atoms with Crippen molar-refractivity contribution in [1.82, 2.24) is 30.0 Å². The predicted molar refractivity (Wildman–Crippen MR) is 166 cm³/mol. The highest BCUT2D eigenvalue weighted by Gasteiger charge is 2.46. The average molecular weight is 636 g/mol. The summed E-state index contributed by atoms with van der Waals surface area (Å²) in [5.41, 5.74) is 1.69. The van der Waals surface area contributed by atoms with E-state index in [1.807, 2.05) is 29.3 Å². The first kappa shape index (κ1) is 29.9. The Morgan fingerprint density at radius 1 is 1.09 bits per heavy atom. The van der Waals surface area contributed by atoms with Crippen LogP contribution in [-0.4, -0.2) is 88.0 Å². The molecule has 10 nitrogen and oxygen atoms in total. The highest BCUT2D eigenvalue weighted by molar-refractivity contribution is 7.09. The molecule has 45 heavy (non-hydrogen) atoms. The molecule has 1 saturated carbocycles. The number of H-pyrrole nitrogens is 1. The van der Waals surface area contributed by atoms with Gasteiger partial charge in [-0.1, -0.05) is 0 Å². The van der Waals surface area contributed by atoms with Crippen LogP contribution in [0.5, 0.6) is 0 Å². The predicted octanol–water partition coefficient (Wildman–Crippen LogP) is 5.02. The number of nitrogens with one attached hydrogen (secondary N) is 2. The molecule has 0 spiro atoms. The van der Waals surface area contributed by atoms with Crippen molar-refractivity contribution >= 4 is 39.7 Å². The standard InChI is InChI=1S/C32H35F2N7O3S/c33-20-44-19-31(6-11-40(18-31)17-27(42)41-12-7-32(34,8-13-41)30-36-10-14-45-30)29(43)37-23-3-4-25-24(16-23)28(39-38-25)22-5-9-35-26(15-22)21-1-2-21/h3-5,9-10,14-16,21H,1-2,6-8,11-13,17-20H2,(H,37,43)(H,38,39). The number of rotatable bonds is 10. The molecule has 236 valence electrons. The van der Waals surface area contributed by atoms with Crippen LogP contribution in [0.1, 0.15) is 48.7 Å². The number of ether oxygens (including phenoxy) is 1. The van der Waals surface area contributed by atoms with E-state index in [4.69, 9.17) is 4.74 Å². The number of carbonyl (C=O) groups is 2. The minimum absolute atomic E-state index is 0.0975. The van der Waals surface area contributed by atoms with E-state index < -0.39 is 17.9 Å². The average Bonchev–Trinajstić information content (AvgIpc) is 3.39. The van der Waals surface area contributed by atoms with Crippen molar-refractivity contribution in [2.24, 2.45) is 5.41 Å². The molecule has 3 aliphatic rings. The number of piperidine rings is 1. The van der Waals surface area contributed by atoms with E-state index in [-0.39, 0.29) is 44.4 Å². The van der Waals surface area contributed by atoms with Crippen LogP contribution in [0.2, 0.25) is 0 Å². The van der Waals surface area contributed by atoms with Crippen LogP contribution < -0.4 is 5.32 Å². The number of thiazole rings is 1. The molecule has 1 aliphatic carbocycles. The van der Waals surface area contributed by atoms with Gasteiger partial charge in [0, 0.05) is 78.5 Å². The summed E-state index contributed by atoms with van der Waals surface area (Å²) >= 11 is 1.30. The van der Waals surface area contributed by atoms with Crippen molar-refractivity contribution in [3.8, 4) is 11.3 Å². The molecule has 2 aliphatic heterocycles. The summed E-state index contributed by atoms with van der Waals surface area (Å²) in [6.07, 6.45) is 6.52. The third-order valence-electron chi connectivity index (χ3n) is 9.32. The fraction of sp³-hybridized carbons (Fsp3) is 0.469. The Hall–Kier alpha value is -3.81. The Kier molecular flexibility index (Phi) is 8.09. The summed E-state index contributed by atoms with van der Waals surface area (Å²) in [6, 6.07) is 9.57. The number of carbonyl (C=O) groups excluding carboxylic acids is 2. The molecule has 2 saturated heterocycles. The Morgan fingerprint density at radius 2 is 1.93 bits per heavy atom. The number of aromatic nitrogens is 4. The van der Waals surface area contributed by atoms with Crippen LogP contribution in [0.15, 0.2) is 48.1 Å². The van der Waals surface area contributed by atoms with E-state index >= 15 is 4.39 Å². The smallest absolute Gasteiger partial charge is 0.236 e. The molecule has 1 aromatic carbocycles. The number of fused-ring (bicyclic) bond motifs is 1. The van der Waals surface area contributed by atoms with Gasteiger partial charge in [-0.2, -0.15) is 5.10 Å². The van der Waals surface area contributed by atoms with E-state index in [9.17, 15) is 14.0 Å². The zero-order chi connectivity index (χ0) is 31.0. The van der Waals surface area contributed by atoms with E-state index in [1.54, 1.807) is 22.5 Å². The minimum Gasteiger partial charge on any atom is -0.349 e. The maximum absolute atomic E-state index is 15.4. The van der Waals surface area contributed by atoms with Gasteiger partial charge in [-0.3, -0.25) is 24.6 Å². The second-order valence-electron chi connectivity index (χ2n) is 12.4. The lowest BCUT2D eigenvalue weighted by atomic mass is 9.86. The van der Waals surface area contributed by atoms with E-state index in [2.05, 4.69) is 31.5 Å². The van der Waals surface area contributed by atoms with Crippen LogP contribution in [0.25, 0.3) is 22.2 Å². The van der Waals surface area contributed by atoms with Crippen molar-refractivity contribution in [1.29, 1.82) is 0 Å². The molecule has 0 radical (unpaired) electrons. The van der Waals surface area contributed by atoms with Crippen molar-refractivity contribution in [2.45, 2.75) is 43.7 Å².